The van der Waals surface area contributed by atoms with Crippen LogP contribution in [0.5, 0.6) is 0 Å². The highest BCUT2D eigenvalue weighted by atomic mass is 32.1. The minimum absolute atomic E-state index is 0.0270. The average Bonchev–Trinajstić information content (AvgIpc) is 2.76. The summed E-state index contributed by atoms with van der Waals surface area (Å²) < 4.78 is 0. The number of thiophene rings is 1. The quantitative estimate of drug-likeness (QED) is 0.827. The van der Waals surface area contributed by atoms with Gasteiger partial charge in [0.25, 0.3) is 0 Å². The zero-order valence-electron chi connectivity index (χ0n) is 10.3. The minimum Gasteiger partial charge on any atom is -0.358 e. The minimum atomic E-state index is -0.160. The molecule has 0 saturated carbocycles. The van der Waals surface area contributed by atoms with E-state index in [4.69, 9.17) is 0 Å². The zero-order valence-corrected chi connectivity index (χ0v) is 11.1. The van der Waals surface area contributed by atoms with E-state index >= 15 is 0 Å². The van der Waals surface area contributed by atoms with Gasteiger partial charge in [0.05, 0.1) is 6.04 Å². The molecule has 16 heavy (non-hydrogen) atoms. The summed E-state index contributed by atoms with van der Waals surface area (Å²) in [5.74, 6) is 0.0270. The molecule has 1 heterocycles. The summed E-state index contributed by atoms with van der Waals surface area (Å²) in [5, 5.41) is 5.92. The molecule has 0 aromatic carbocycles. The predicted octanol–water partition coefficient (Wildman–Crippen LogP) is 2.10. The van der Waals surface area contributed by atoms with Crippen LogP contribution in [-0.4, -0.2) is 19.0 Å². The van der Waals surface area contributed by atoms with E-state index in [0.717, 1.165) is 6.42 Å². The number of amides is 1. The molecule has 90 valence electrons. The van der Waals surface area contributed by atoms with Crippen LogP contribution in [0.15, 0.2) is 12.1 Å². The molecule has 4 heteroatoms. The number of aryl methyl sites for hydroxylation is 1. The van der Waals surface area contributed by atoms with Crippen molar-refractivity contribution in [2.75, 3.05) is 7.05 Å². The monoisotopic (exact) mass is 240 g/mol. The topological polar surface area (TPSA) is 41.1 Å². The third-order valence-electron chi connectivity index (χ3n) is 2.60. The van der Waals surface area contributed by atoms with E-state index < -0.39 is 0 Å². The number of carbonyl (C=O) groups excluding carboxylic acids is 1. The summed E-state index contributed by atoms with van der Waals surface area (Å²) in [6, 6.07) is 4.35. The lowest BCUT2D eigenvalue weighted by atomic mass is 10.2. The maximum absolute atomic E-state index is 11.4. The maximum atomic E-state index is 11.4. The van der Waals surface area contributed by atoms with Crippen molar-refractivity contribution < 1.29 is 4.79 Å². The van der Waals surface area contributed by atoms with Crippen LogP contribution < -0.4 is 10.6 Å². The zero-order chi connectivity index (χ0) is 12.1. The van der Waals surface area contributed by atoms with Gasteiger partial charge in [-0.1, -0.05) is 6.92 Å². The molecule has 0 bridgehead atoms. The van der Waals surface area contributed by atoms with Gasteiger partial charge in [-0.25, -0.2) is 0 Å². The van der Waals surface area contributed by atoms with Crippen LogP contribution in [0.3, 0.4) is 0 Å². The number of hydrogen-bond acceptors (Lipinski definition) is 3. The Bertz CT molecular complexity index is 349. The molecule has 0 aliphatic rings. The molecule has 2 unspecified atom stereocenters. The van der Waals surface area contributed by atoms with Gasteiger partial charge in [0.2, 0.25) is 5.91 Å². The highest BCUT2D eigenvalue weighted by molar-refractivity contribution is 7.12. The summed E-state index contributed by atoms with van der Waals surface area (Å²) in [5.41, 5.74) is 0. The Morgan fingerprint density at radius 3 is 2.62 bits per heavy atom. The standard InChI is InChI=1S/C12H20N2OS/c1-5-10-6-7-11(16-10)8(2)14-9(3)12(15)13-4/h6-9,14H,5H2,1-4H3,(H,13,15). The third-order valence-corrected chi connectivity index (χ3v) is 4.01. The van der Waals surface area contributed by atoms with Crippen molar-refractivity contribution in [2.45, 2.75) is 39.3 Å². The first-order valence-electron chi connectivity index (χ1n) is 5.64. The molecule has 0 saturated heterocycles. The fourth-order valence-electron chi connectivity index (χ4n) is 1.57. The maximum Gasteiger partial charge on any atom is 0.236 e. The normalized spacial score (nSPS) is 14.5. The first-order valence-corrected chi connectivity index (χ1v) is 6.46. The van der Waals surface area contributed by atoms with Crippen LogP contribution in [-0.2, 0) is 11.2 Å². The van der Waals surface area contributed by atoms with E-state index in [-0.39, 0.29) is 18.0 Å². The predicted molar refractivity (Wildman–Crippen MR) is 68.8 cm³/mol. The van der Waals surface area contributed by atoms with E-state index in [1.54, 1.807) is 7.05 Å². The van der Waals surface area contributed by atoms with Crippen molar-refractivity contribution >= 4 is 17.2 Å². The molecule has 1 aromatic rings. The molecule has 0 fully saturated rings. The molecule has 0 spiro atoms. The second kappa shape index (κ2) is 6.01. The van der Waals surface area contributed by atoms with Crippen LogP contribution in [0, 0.1) is 0 Å². The first-order chi connectivity index (χ1) is 7.58. The van der Waals surface area contributed by atoms with Gasteiger partial charge in [0, 0.05) is 22.8 Å². The Morgan fingerprint density at radius 1 is 1.44 bits per heavy atom. The van der Waals surface area contributed by atoms with E-state index in [2.05, 4.69) is 36.6 Å². The molecule has 0 radical (unpaired) electrons. The SMILES string of the molecule is CCc1ccc(C(C)NC(C)C(=O)NC)s1. The van der Waals surface area contributed by atoms with Gasteiger partial charge in [-0.15, -0.1) is 11.3 Å². The number of hydrogen-bond donors (Lipinski definition) is 2. The highest BCUT2D eigenvalue weighted by Gasteiger charge is 2.15. The molecule has 0 aliphatic heterocycles. The smallest absolute Gasteiger partial charge is 0.236 e. The summed E-state index contributed by atoms with van der Waals surface area (Å²) in [4.78, 5) is 14.0. The van der Waals surface area contributed by atoms with E-state index in [1.807, 2.05) is 18.3 Å². The second-order valence-corrected chi connectivity index (χ2v) is 5.08. The Morgan fingerprint density at radius 2 is 2.12 bits per heavy atom. The number of likely N-dealkylation sites (N-methyl/N-ethyl adjacent to an activating group) is 1. The van der Waals surface area contributed by atoms with E-state index in [1.165, 1.54) is 9.75 Å². The Kier molecular flexibility index (Phi) is 4.96. The van der Waals surface area contributed by atoms with Gasteiger partial charge in [-0.3, -0.25) is 10.1 Å². The van der Waals surface area contributed by atoms with E-state index in [9.17, 15) is 4.79 Å². The van der Waals surface area contributed by atoms with Gasteiger partial charge in [0.15, 0.2) is 0 Å². The largest absolute Gasteiger partial charge is 0.358 e. The Balaban J connectivity index is 2.57. The average molecular weight is 240 g/mol. The highest BCUT2D eigenvalue weighted by Crippen LogP contribution is 2.23. The molecule has 2 N–H and O–H groups in total. The molecular formula is C12H20N2OS. The lowest BCUT2D eigenvalue weighted by Gasteiger charge is -2.17. The van der Waals surface area contributed by atoms with Crippen molar-refractivity contribution in [3.63, 3.8) is 0 Å². The van der Waals surface area contributed by atoms with E-state index in [0.29, 0.717) is 0 Å². The molecular weight excluding hydrogens is 220 g/mol. The van der Waals surface area contributed by atoms with Gasteiger partial charge in [-0.05, 0) is 32.4 Å². The second-order valence-electron chi connectivity index (χ2n) is 3.88. The summed E-state index contributed by atoms with van der Waals surface area (Å²) in [6.07, 6.45) is 1.07. The summed E-state index contributed by atoms with van der Waals surface area (Å²) in [7, 11) is 1.66. The van der Waals surface area contributed by atoms with Crippen LogP contribution in [0.4, 0.5) is 0 Å². The molecule has 0 aliphatic carbocycles. The van der Waals surface area contributed by atoms with Crippen LogP contribution in [0.25, 0.3) is 0 Å². The Labute approximate surface area is 101 Å². The number of rotatable bonds is 5. The van der Waals surface area contributed by atoms with Crippen molar-refractivity contribution in [1.82, 2.24) is 10.6 Å². The lowest BCUT2D eigenvalue weighted by molar-refractivity contribution is -0.122. The van der Waals surface area contributed by atoms with Crippen molar-refractivity contribution in [2.24, 2.45) is 0 Å². The van der Waals surface area contributed by atoms with Crippen molar-refractivity contribution in [1.29, 1.82) is 0 Å². The van der Waals surface area contributed by atoms with Crippen LogP contribution in [0.1, 0.15) is 36.6 Å². The van der Waals surface area contributed by atoms with Gasteiger partial charge < -0.3 is 5.32 Å². The number of nitrogens with one attached hydrogen (secondary N) is 2. The van der Waals surface area contributed by atoms with Crippen LogP contribution in [0.2, 0.25) is 0 Å². The van der Waals surface area contributed by atoms with Crippen LogP contribution >= 0.6 is 11.3 Å². The van der Waals surface area contributed by atoms with Gasteiger partial charge >= 0.3 is 0 Å². The first kappa shape index (κ1) is 13.2. The molecule has 3 nitrogen and oxygen atoms in total. The Hall–Kier alpha value is -0.870. The summed E-state index contributed by atoms with van der Waals surface area (Å²) in [6.45, 7) is 6.12. The van der Waals surface area contributed by atoms with Gasteiger partial charge in [0.1, 0.15) is 0 Å². The third kappa shape index (κ3) is 3.32. The number of carbonyl (C=O) groups is 1. The lowest BCUT2D eigenvalue weighted by Crippen LogP contribution is -2.41. The van der Waals surface area contributed by atoms with Gasteiger partial charge in [-0.2, -0.15) is 0 Å². The van der Waals surface area contributed by atoms with Crippen molar-refractivity contribution in [3.8, 4) is 0 Å². The molecule has 1 aromatic heterocycles. The van der Waals surface area contributed by atoms with Crippen molar-refractivity contribution in [3.05, 3.63) is 21.9 Å². The summed E-state index contributed by atoms with van der Waals surface area (Å²) >= 11 is 1.81. The molecule has 1 amide bonds. The molecule has 2 atom stereocenters. The molecule has 1 rings (SSSR count). The fourth-order valence-corrected chi connectivity index (χ4v) is 2.53. The fraction of sp³-hybridized carbons (Fsp3) is 0.583.